The number of hydrogen-bond donors (Lipinski definition) is 0. The molecule has 1 aromatic carbocycles. The highest BCUT2D eigenvalue weighted by Crippen LogP contribution is 2.27. The lowest BCUT2D eigenvalue weighted by molar-refractivity contribution is 0.630. The van der Waals surface area contributed by atoms with Gasteiger partial charge in [0.2, 0.25) is 0 Å². The van der Waals surface area contributed by atoms with Gasteiger partial charge in [-0.25, -0.2) is 4.39 Å². The van der Waals surface area contributed by atoms with Gasteiger partial charge in [-0.3, -0.25) is 0 Å². The smallest absolute Gasteiger partial charge is 0.189 e. The first kappa shape index (κ1) is 9.26. The van der Waals surface area contributed by atoms with E-state index in [0.29, 0.717) is 4.90 Å². The molecule has 3 heteroatoms. The Kier molecular flexibility index (Phi) is 3.29. The Balaban J connectivity index is 2.71. The zero-order chi connectivity index (χ0) is 8.97. The highest BCUT2D eigenvalue weighted by atomic mass is 32.2. The van der Waals surface area contributed by atoms with Crippen LogP contribution < -0.4 is 0 Å². The van der Waals surface area contributed by atoms with Crippen molar-refractivity contribution in [3.63, 3.8) is 0 Å². The van der Waals surface area contributed by atoms with Crippen LogP contribution >= 0.6 is 11.8 Å². The van der Waals surface area contributed by atoms with Gasteiger partial charge in [0, 0.05) is 4.90 Å². The molecule has 1 rings (SSSR count). The minimum Gasteiger partial charge on any atom is -0.212 e. The molecule has 0 fully saturated rings. The van der Waals surface area contributed by atoms with E-state index in [9.17, 15) is 8.78 Å². The zero-order valence-electron chi connectivity index (χ0n) is 6.55. The molecule has 0 amide bonds. The molecule has 0 saturated carbocycles. The molecular formula is C9H8F2S. The van der Waals surface area contributed by atoms with Crippen molar-refractivity contribution in [2.45, 2.75) is 11.8 Å². The quantitative estimate of drug-likeness (QED) is 0.632. The summed E-state index contributed by atoms with van der Waals surface area (Å²) >= 11 is 0.772. The van der Waals surface area contributed by atoms with Crippen molar-refractivity contribution >= 4 is 11.8 Å². The molecule has 0 nitrogen and oxygen atoms in total. The van der Waals surface area contributed by atoms with Gasteiger partial charge < -0.3 is 0 Å². The first-order chi connectivity index (χ1) is 5.72. The van der Waals surface area contributed by atoms with Gasteiger partial charge in [-0.05, 0) is 19.1 Å². The summed E-state index contributed by atoms with van der Waals surface area (Å²) in [7, 11) is 0. The fraction of sp³-hybridized carbons (Fsp3) is 0.111. The number of benzene rings is 1. The number of rotatable bonds is 2. The molecule has 0 bridgehead atoms. The molecule has 0 atom stereocenters. The molecule has 0 aliphatic heterocycles. The normalized spacial score (nSPS) is 11.8. The van der Waals surface area contributed by atoms with Crippen molar-refractivity contribution in [1.29, 1.82) is 0 Å². The average molecular weight is 186 g/mol. The second-order valence-corrected chi connectivity index (χ2v) is 3.39. The van der Waals surface area contributed by atoms with Crippen LogP contribution in [0.25, 0.3) is 0 Å². The molecule has 12 heavy (non-hydrogen) atoms. The van der Waals surface area contributed by atoms with Crippen molar-refractivity contribution < 1.29 is 8.78 Å². The van der Waals surface area contributed by atoms with Gasteiger partial charge in [-0.2, -0.15) is 4.39 Å². The minimum atomic E-state index is -0.821. The number of thioether (sulfide) groups is 1. The van der Waals surface area contributed by atoms with Crippen LogP contribution in [0.2, 0.25) is 0 Å². The van der Waals surface area contributed by atoms with Crippen LogP contribution in [-0.4, -0.2) is 0 Å². The molecule has 0 heterocycles. The van der Waals surface area contributed by atoms with E-state index < -0.39 is 5.16 Å². The second-order valence-electron chi connectivity index (χ2n) is 2.33. The molecule has 0 spiro atoms. The fourth-order valence-corrected chi connectivity index (χ4v) is 1.28. The van der Waals surface area contributed by atoms with Crippen LogP contribution in [-0.2, 0) is 0 Å². The predicted molar refractivity (Wildman–Crippen MR) is 47.3 cm³/mol. The highest BCUT2D eigenvalue weighted by Gasteiger charge is 1.97. The Morgan fingerprint density at radius 1 is 1.33 bits per heavy atom. The molecule has 1 aromatic rings. The van der Waals surface area contributed by atoms with Gasteiger partial charge in [-0.15, -0.1) is 0 Å². The van der Waals surface area contributed by atoms with Crippen molar-refractivity contribution in [2.24, 2.45) is 0 Å². The van der Waals surface area contributed by atoms with Crippen LogP contribution in [0.3, 0.4) is 0 Å². The summed E-state index contributed by atoms with van der Waals surface area (Å²) in [5.74, 6) is 0. The van der Waals surface area contributed by atoms with E-state index in [-0.39, 0.29) is 6.33 Å². The van der Waals surface area contributed by atoms with Crippen molar-refractivity contribution in [1.82, 2.24) is 0 Å². The van der Waals surface area contributed by atoms with Gasteiger partial charge in [-0.1, -0.05) is 29.5 Å². The summed E-state index contributed by atoms with van der Waals surface area (Å²) in [4.78, 5) is 0.701. The standard InChI is InChI=1S/C9H8F2S/c1-7-2-4-8(5-3-7)12-9(11)6-10/h2-6H,1H3/b9-6+. The Hall–Kier alpha value is -0.830. The lowest BCUT2D eigenvalue weighted by atomic mass is 10.2. The molecule has 0 N–H and O–H groups in total. The summed E-state index contributed by atoms with van der Waals surface area (Å²) < 4.78 is 24.0. The molecular weight excluding hydrogens is 178 g/mol. The van der Waals surface area contributed by atoms with Crippen molar-refractivity contribution in [3.05, 3.63) is 41.3 Å². The number of hydrogen-bond acceptors (Lipinski definition) is 1. The minimum absolute atomic E-state index is 0.0372. The lowest BCUT2D eigenvalue weighted by Gasteiger charge is -1.97. The van der Waals surface area contributed by atoms with E-state index in [4.69, 9.17) is 0 Å². The van der Waals surface area contributed by atoms with E-state index in [1.807, 2.05) is 19.1 Å². The maximum absolute atomic E-state index is 12.4. The summed E-state index contributed by atoms with van der Waals surface area (Å²) in [5.41, 5.74) is 1.10. The van der Waals surface area contributed by atoms with Crippen LogP contribution in [0.4, 0.5) is 8.78 Å². The predicted octanol–water partition coefficient (Wildman–Crippen LogP) is 3.83. The topological polar surface area (TPSA) is 0 Å². The summed E-state index contributed by atoms with van der Waals surface area (Å²) in [6.07, 6.45) is -0.0372. The first-order valence-corrected chi connectivity index (χ1v) is 4.24. The molecule has 0 saturated heterocycles. The highest BCUT2D eigenvalue weighted by molar-refractivity contribution is 8.02. The summed E-state index contributed by atoms with van der Waals surface area (Å²) in [6, 6.07) is 7.22. The van der Waals surface area contributed by atoms with E-state index in [1.165, 1.54) is 0 Å². The molecule has 0 radical (unpaired) electrons. The maximum Gasteiger partial charge on any atom is 0.189 e. The SMILES string of the molecule is Cc1ccc(S/C(F)=C/F)cc1. The van der Waals surface area contributed by atoms with Crippen molar-refractivity contribution in [2.75, 3.05) is 0 Å². The van der Waals surface area contributed by atoms with Crippen LogP contribution in [0.1, 0.15) is 5.56 Å². The number of halogens is 2. The first-order valence-electron chi connectivity index (χ1n) is 3.43. The Morgan fingerprint density at radius 2 is 1.92 bits per heavy atom. The van der Waals surface area contributed by atoms with Gasteiger partial charge >= 0.3 is 0 Å². The molecule has 0 aromatic heterocycles. The fourth-order valence-electron chi connectivity index (χ4n) is 0.741. The molecule has 0 aliphatic rings. The number of aryl methyl sites for hydroxylation is 1. The summed E-state index contributed by atoms with van der Waals surface area (Å²) in [6.45, 7) is 1.94. The van der Waals surface area contributed by atoms with E-state index in [2.05, 4.69) is 0 Å². The molecule has 0 unspecified atom stereocenters. The van der Waals surface area contributed by atoms with E-state index >= 15 is 0 Å². The van der Waals surface area contributed by atoms with Crippen LogP contribution in [0.15, 0.2) is 40.6 Å². The van der Waals surface area contributed by atoms with Crippen LogP contribution in [0, 0.1) is 6.92 Å². The molecule has 64 valence electrons. The Bertz CT molecular complexity index is 277. The third-order valence-electron chi connectivity index (χ3n) is 1.32. The van der Waals surface area contributed by atoms with Crippen molar-refractivity contribution in [3.8, 4) is 0 Å². The Morgan fingerprint density at radius 3 is 2.42 bits per heavy atom. The second kappa shape index (κ2) is 4.26. The van der Waals surface area contributed by atoms with Gasteiger partial charge in [0.05, 0.1) is 0 Å². The largest absolute Gasteiger partial charge is 0.212 e. The monoisotopic (exact) mass is 186 g/mol. The zero-order valence-corrected chi connectivity index (χ0v) is 7.37. The maximum atomic E-state index is 12.4. The lowest BCUT2D eigenvalue weighted by Crippen LogP contribution is -1.72. The van der Waals surface area contributed by atoms with Gasteiger partial charge in [0.1, 0.15) is 6.33 Å². The van der Waals surface area contributed by atoms with Crippen LogP contribution in [0.5, 0.6) is 0 Å². The third kappa shape index (κ3) is 2.66. The summed E-state index contributed by atoms with van der Waals surface area (Å²) in [5, 5.41) is -0.821. The average Bonchev–Trinajstić information content (AvgIpc) is 2.09. The molecule has 0 aliphatic carbocycles. The Labute approximate surface area is 74.3 Å². The van der Waals surface area contributed by atoms with E-state index in [1.54, 1.807) is 12.1 Å². The third-order valence-corrected chi connectivity index (χ3v) is 2.11. The van der Waals surface area contributed by atoms with Gasteiger partial charge in [0.25, 0.3) is 0 Å². The van der Waals surface area contributed by atoms with Gasteiger partial charge in [0.15, 0.2) is 5.16 Å². The van der Waals surface area contributed by atoms with E-state index in [0.717, 1.165) is 17.3 Å².